The molecule has 1 aromatic heterocycles. The van der Waals surface area contributed by atoms with E-state index in [-0.39, 0.29) is 5.91 Å². The number of benzene rings is 1. The van der Waals surface area contributed by atoms with E-state index in [1.807, 2.05) is 13.0 Å². The monoisotopic (exact) mass is 287 g/mol. The van der Waals surface area contributed by atoms with Gasteiger partial charge in [0.1, 0.15) is 11.4 Å². The molecule has 1 saturated heterocycles. The Morgan fingerprint density at radius 2 is 2.29 bits per heavy atom. The van der Waals surface area contributed by atoms with Crippen molar-refractivity contribution >= 4 is 16.9 Å². The number of carbonyl (C=O) groups excluding carboxylic acids is 1. The highest BCUT2D eigenvalue weighted by Gasteiger charge is 2.37. The zero-order valence-corrected chi connectivity index (χ0v) is 12.7. The molecule has 3 rings (SSSR count). The van der Waals surface area contributed by atoms with Crippen LogP contribution in [0.2, 0.25) is 0 Å². The number of nitrogens with zero attached hydrogens (tertiary/aromatic N) is 1. The highest BCUT2D eigenvalue weighted by molar-refractivity contribution is 5.85. The number of fused-ring (bicyclic) bond motifs is 1. The Morgan fingerprint density at radius 1 is 1.48 bits per heavy atom. The van der Waals surface area contributed by atoms with E-state index >= 15 is 0 Å². The summed E-state index contributed by atoms with van der Waals surface area (Å²) in [4.78, 5) is 20.0. The SMILES string of the molecule is Cc1ccc2[nH]c(CNC(=O)[C@]3(C)CCCO3)nc2c1C. The van der Waals surface area contributed by atoms with Crippen LogP contribution in [0.1, 0.15) is 36.7 Å². The third kappa shape index (κ3) is 2.53. The van der Waals surface area contributed by atoms with Crippen LogP contribution >= 0.6 is 0 Å². The average Bonchev–Trinajstić information content (AvgIpc) is 3.08. The van der Waals surface area contributed by atoms with Gasteiger partial charge in [0.25, 0.3) is 5.91 Å². The molecule has 1 fully saturated rings. The van der Waals surface area contributed by atoms with Crippen LogP contribution in [0.5, 0.6) is 0 Å². The van der Waals surface area contributed by atoms with Gasteiger partial charge in [-0.15, -0.1) is 0 Å². The zero-order chi connectivity index (χ0) is 15.0. The van der Waals surface area contributed by atoms with E-state index in [1.54, 1.807) is 0 Å². The molecule has 112 valence electrons. The molecule has 5 nitrogen and oxygen atoms in total. The first-order chi connectivity index (χ1) is 9.99. The van der Waals surface area contributed by atoms with Gasteiger partial charge in [-0.05, 0) is 50.8 Å². The van der Waals surface area contributed by atoms with Crippen molar-refractivity contribution in [3.63, 3.8) is 0 Å². The minimum atomic E-state index is -0.682. The van der Waals surface area contributed by atoms with Gasteiger partial charge in [0.2, 0.25) is 0 Å². The molecule has 1 atom stereocenters. The number of hydrogen-bond acceptors (Lipinski definition) is 3. The van der Waals surface area contributed by atoms with Gasteiger partial charge >= 0.3 is 0 Å². The van der Waals surface area contributed by atoms with Gasteiger partial charge < -0.3 is 15.0 Å². The predicted octanol–water partition coefficient (Wildman–Crippen LogP) is 2.37. The third-order valence-corrected chi connectivity index (χ3v) is 4.34. The number of rotatable bonds is 3. The highest BCUT2D eigenvalue weighted by Crippen LogP contribution is 2.25. The van der Waals surface area contributed by atoms with Crippen LogP contribution in [0.4, 0.5) is 0 Å². The van der Waals surface area contributed by atoms with Gasteiger partial charge in [-0.3, -0.25) is 4.79 Å². The summed E-state index contributed by atoms with van der Waals surface area (Å²) in [5, 5.41) is 2.92. The molecule has 0 aliphatic carbocycles. The fourth-order valence-electron chi connectivity index (χ4n) is 2.76. The maximum Gasteiger partial charge on any atom is 0.252 e. The quantitative estimate of drug-likeness (QED) is 0.910. The number of imidazole rings is 1. The summed E-state index contributed by atoms with van der Waals surface area (Å²) in [5.41, 5.74) is 3.69. The molecule has 0 spiro atoms. The van der Waals surface area contributed by atoms with E-state index in [2.05, 4.69) is 35.2 Å². The summed E-state index contributed by atoms with van der Waals surface area (Å²) < 4.78 is 5.54. The Kier molecular flexibility index (Phi) is 3.45. The van der Waals surface area contributed by atoms with Crippen molar-refractivity contribution in [2.45, 2.75) is 45.8 Å². The summed E-state index contributed by atoms with van der Waals surface area (Å²) in [6, 6.07) is 4.10. The van der Waals surface area contributed by atoms with Crippen LogP contribution in [0.25, 0.3) is 11.0 Å². The molecule has 0 radical (unpaired) electrons. The molecular weight excluding hydrogens is 266 g/mol. The molecule has 21 heavy (non-hydrogen) atoms. The first-order valence-corrected chi connectivity index (χ1v) is 7.37. The lowest BCUT2D eigenvalue weighted by Gasteiger charge is -2.21. The first kappa shape index (κ1) is 14.1. The number of aromatic nitrogens is 2. The summed E-state index contributed by atoms with van der Waals surface area (Å²) in [6.45, 7) is 7.04. The summed E-state index contributed by atoms with van der Waals surface area (Å²) >= 11 is 0. The van der Waals surface area contributed by atoms with E-state index in [1.165, 1.54) is 11.1 Å². The predicted molar refractivity (Wildman–Crippen MR) is 81.0 cm³/mol. The Hall–Kier alpha value is -1.88. The maximum atomic E-state index is 12.2. The number of nitrogens with one attached hydrogen (secondary N) is 2. The standard InChI is InChI=1S/C16H21N3O2/c1-10-5-6-12-14(11(10)2)19-13(18-12)9-17-15(20)16(3)7-4-8-21-16/h5-6H,4,7-9H2,1-3H3,(H,17,20)(H,18,19)/t16-/m0/s1. The third-order valence-electron chi connectivity index (χ3n) is 4.34. The van der Waals surface area contributed by atoms with Crippen LogP contribution in [0, 0.1) is 13.8 Å². The normalized spacial score (nSPS) is 21.9. The smallest absolute Gasteiger partial charge is 0.252 e. The molecule has 1 amide bonds. The average molecular weight is 287 g/mol. The summed E-state index contributed by atoms with van der Waals surface area (Å²) in [6.07, 6.45) is 1.71. The fourth-order valence-corrected chi connectivity index (χ4v) is 2.76. The lowest BCUT2D eigenvalue weighted by molar-refractivity contribution is -0.139. The molecule has 2 N–H and O–H groups in total. The zero-order valence-electron chi connectivity index (χ0n) is 12.7. The van der Waals surface area contributed by atoms with Crippen LogP contribution in [0.3, 0.4) is 0 Å². The van der Waals surface area contributed by atoms with Gasteiger partial charge in [0.15, 0.2) is 0 Å². The van der Waals surface area contributed by atoms with Gasteiger partial charge in [0.05, 0.1) is 17.6 Å². The number of ether oxygens (including phenoxy) is 1. The lowest BCUT2D eigenvalue weighted by Crippen LogP contribution is -2.43. The molecule has 0 saturated carbocycles. The van der Waals surface area contributed by atoms with Crippen LogP contribution < -0.4 is 5.32 Å². The molecule has 1 aromatic carbocycles. The van der Waals surface area contributed by atoms with E-state index < -0.39 is 5.60 Å². The Morgan fingerprint density at radius 3 is 3.00 bits per heavy atom. The molecular formula is C16H21N3O2. The summed E-state index contributed by atoms with van der Waals surface area (Å²) in [7, 11) is 0. The van der Waals surface area contributed by atoms with E-state index in [0.717, 1.165) is 29.7 Å². The van der Waals surface area contributed by atoms with Crippen molar-refractivity contribution in [3.05, 3.63) is 29.1 Å². The van der Waals surface area contributed by atoms with Gasteiger partial charge in [-0.1, -0.05) is 6.07 Å². The highest BCUT2D eigenvalue weighted by atomic mass is 16.5. The van der Waals surface area contributed by atoms with Gasteiger partial charge in [0, 0.05) is 6.61 Å². The minimum absolute atomic E-state index is 0.0617. The van der Waals surface area contributed by atoms with Gasteiger partial charge in [-0.2, -0.15) is 0 Å². The van der Waals surface area contributed by atoms with E-state index in [9.17, 15) is 4.79 Å². The minimum Gasteiger partial charge on any atom is -0.365 e. The topological polar surface area (TPSA) is 67.0 Å². The Bertz CT molecular complexity index is 684. The number of H-pyrrole nitrogens is 1. The van der Waals surface area contributed by atoms with Crippen LogP contribution in [-0.4, -0.2) is 28.1 Å². The van der Waals surface area contributed by atoms with Crippen molar-refractivity contribution in [1.82, 2.24) is 15.3 Å². The van der Waals surface area contributed by atoms with Crippen molar-refractivity contribution < 1.29 is 9.53 Å². The molecule has 5 heteroatoms. The molecule has 2 heterocycles. The van der Waals surface area contributed by atoms with E-state index in [4.69, 9.17) is 4.74 Å². The largest absolute Gasteiger partial charge is 0.365 e. The second-order valence-electron chi connectivity index (χ2n) is 5.95. The second-order valence-corrected chi connectivity index (χ2v) is 5.95. The van der Waals surface area contributed by atoms with Crippen molar-refractivity contribution in [1.29, 1.82) is 0 Å². The van der Waals surface area contributed by atoms with Crippen molar-refractivity contribution in [2.24, 2.45) is 0 Å². The van der Waals surface area contributed by atoms with Crippen molar-refractivity contribution in [2.75, 3.05) is 6.61 Å². The number of amides is 1. The maximum absolute atomic E-state index is 12.2. The van der Waals surface area contributed by atoms with Crippen LogP contribution in [-0.2, 0) is 16.1 Å². The fraction of sp³-hybridized carbons (Fsp3) is 0.500. The number of aromatic amines is 1. The van der Waals surface area contributed by atoms with Crippen molar-refractivity contribution in [3.8, 4) is 0 Å². The second kappa shape index (κ2) is 5.15. The van der Waals surface area contributed by atoms with E-state index in [0.29, 0.717) is 13.2 Å². The molecule has 2 aromatic rings. The Balaban J connectivity index is 1.74. The lowest BCUT2D eigenvalue weighted by atomic mass is 10.0. The first-order valence-electron chi connectivity index (χ1n) is 7.37. The number of aryl methyl sites for hydroxylation is 2. The number of carbonyl (C=O) groups is 1. The Labute approximate surface area is 124 Å². The van der Waals surface area contributed by atoms with Gasteiger partial charge in [-0.25, -0.2) is 4.98 Å². The molecule has 1 aliphatic rings. The summed E-state index contributed by atoms with van der Waals surface area (Å²) in [5.74, 6) is 0.710. The molecule has 0 unspecified atom stereocenters. The molecule has 1 aliphatic heterocycles. The number of hydrogen-bond donors (Lipinski definition) is 2. The van der Waals surface area contributed by atoms with Crippen LogP contribution in [0.15, 0.2) is 12.1 Å². The molecule has 0 bridgehead atoms.